The van der Waals surface area contributed by atoms with Crippen molar-refractivity contribution in [1.29, 1.82) is 0 Å². The van der Waals surface area contributed by atoms with Gasteiger partial charge in [-0.25, -0.2) is 19.6 Å². The first-order valence-corrected chi connectivity index (χ1v) is 19.0. The van der Waals surface area contributed by atoms with Gasteiger partial charge < -0.3 is 9.47 Å². The molecule has 0 amide bonds. The summed E-state index contributed by atoms with van der Waals surface area (Å²) in [5.41, 5.74) is 9.62. The fraction of sp³-hybridized carbons (Fsp3) is 0.0435. The van der Waals surface area contributed by atoms with E-state index in [1.165, 1.54) is 36.5 Å². The Morgan fingerprint density at radius 3 is 1.22 bits per heavy atom. The molecule has 0 aliphatic rings. The van der Waals surface area contributed by atoms with Crippen LogP contribution < -0.4 is 0 Å². The van der Waals surface area contributed by atoms with E-state index in [-0.39, 0.29) is 17.1 Å². The average Bonchev–Trinajstić information content (AvgIpc) is 3.28. The van der Waals surface area contributed by atoms with Crippen LogP contribution in [0.3, 0.4) is 0 Å². The second-order valence-electron chi connectivity index (χ2n) is 12.5. The van der Waals surface area contributed by atoms with Gasteiger partial charge in [0, 0.05) is 51.0 Å². The number of hydrogen-bond acceptors (Lipinski definition) is 10. The summed E-state index contributed by atoms with van der Waals surface area (Å²) < 4.78 is 26.8. The quantitative estimate of drug-likeness (QED) is 0.0935. The number of fused-ring (bicyclic) bond motifs is 5. The van der Waals surface area contributed by atoms with Crippen LogP contribution in [0.15, 0.2) is 158 Å². The van der Waals surface area contributed by atoms with Crippen molar-refractivity contribution in [3.8, 4) is 33.6 Å². The van der Waals surface area contributed by atoms with E-state index >= 15 is 0 Å². The first-order chi connectivity index (χ1) is 27.9. The SMILES string of the molecule is COC(=O)c1cc(-c2cc(C(=O)OC)c3ccccc3n2)nc2ccccc12.[Cu].[O]=[Ti]=[O].c1ccc(-c2ccnc3c2ccc2c(-c4ccccc4)ccnc23)cc1. The summed E-state index contributed by atoms with van der Waals surface area (Å²) in [4.78, 5) is 43.2. The van der Waals surface area contributed by atoms with Crippen LogP contribution in [-0.4, -0.2) is 46.1 Å². The van der Waals surface area contributed by atoms with Gasteiger partial charge in [0.2, 0.25) is 0 Å². The van der Waals surface area contributed by atoms with Crippen molar-refractivity contribution in [1.82, 2.24) is 19.9 Å². The largest absolute Gasteiger partial charge is 0.254 e. The molecule has 0 bridgehead atoms. The van der Waals surface area contributed by atoms with Gasteiger partial charge in [-0.1, -0.05) is 109 Å². The summed E-state index contributed by atoms with van der Waals surface area (Å²) >= 11 is -2.00. The standard InChI is InChI=1S/C24H16N2.C22H16N2O4.Cu.2O.Ti/c1-3-7-17(8-4-1)19-13-15-25-23-21(19)11-12-22-20(14-16-26-24(22)23)18-9-5-2-6-10-18;1-27-21(25)15-11-19(23-17-9-5-3-7-13(15)17)20-12-16(22(26)28-2)14-8-4-6-10-18(14)24-20;;;;/h1-16H;3-12H,1-2H3;;;;. The van der Waals surface area contributed by atoms with E-state index in [4.69, 9.17) is 16.1 Å². The molecule has 10 nitrogen and oxygen atoms in total. The smallest absolute Gasteiger partial charge is 0.0970 e. The van der Waals surface area contributed by atoms with Gasteiger partial charge in [-0.05, 0) is 58.7 Å². The molecular weight excluding hydrogens is 816 g/mol. The third kappa shape index (κ3) is 8.58. The second-order valence-corrected chi connectivity index (χ2v) is 12.8. The van der Waals surface area contributed by atoms with Crippen LogP contribution in [0, 0.1) is 0 Å². The van der Waals surface area contributed by atoms with Crippen molar-refractivity contribution in [2.45, 2.75) is 0 Å². The molecule has 0 fully saturated rings. The van der Waals surface area contributed by atoms with E-state index in [0.29, 0.717) is 44.3 Å². The van der Waals surface area contributed by atoms with Crippen LogP contribution in [-0.2, 0) is 52.3 Å². The number of carbonyl (C=O) groups is 2. The number of pyridine rings is 4. The number of aromatic nitrogens is 4. The summed E-state index contributed by atoms with van der Waals surface area (Å²) in [6.45, 7) is 0. The minimum atomic E-state index is -2.00. The third-order valence-electron chi connectivity index (χ3n) is 9.30. The van der Waals surface area contributed by atoms with Gasteiger partial charge in [0.1, 0.15) is 0 Å². The van der Waals surface area contributed by atoms with Crippen LogP contribution in [0.1, 0.15) is 20.7 Å². The maximum absolute atomic E-state index is 12.3. The molecule has 0 saturated heterocycles. The van der Waals surface area contributed by atoms with Crippen LogP contribution in [0.4, 0.5) is 0 Å². The average molecular weight is 848 g/mol. The molecule has 287 valence electrons. The van der Waals surface area contributed by atoms with E-state index in [9.17, 15) is 9.59 Å². The van der Waals surface area contributed by atoms with Crippen LogP contribution in [0.5, 0.6) is 0 Å². The maximum Gasteiger partial charge on any atom is 0.0970 e. The predicted octanol–water partition coefficient (Wildman–Crippen LogP) is 9.90. The fourth-order valence-electron chi connectivity index (χ4n) is 6.74. The van der Waals surface area contributed by atoms with Crippen molar-refractivity contribution in [2.24, 2.45) is 0 Å². The molecule has 0 unspecified atom stereocenters. The molecule has 9 rings (SSSR count). The molecular formula is C46H32CuN4O6Ti. The normalized spacial score (nSPS) is 10.3. The molecule has 0 aliphatic heterocycles. The van der Waals surface area contributed by atoms with E-state index in [0.717, 1.165) is 21.8 Å². The Morgan fingerprint density at radius 2 is 0.845 bits per heavy atom. The molecule has 0 saturated carbocycles. The minimum absolute atomic E-state index is 0. The number of rotatable bonds is 5. The van der Waals surface area contributed by atoms with E-state index < -0.39 is 31.0 Å². The number of benzene rings is 5. The zero-order valence-corrected chi connectivity index (χ0v) is 33.6. The predicted molar refractivity (Wildman–Crippen MR) is 214 cm³/mol. The van der Waals surface area contributed by atoms with Crippen molar-refractivity contribution in [2.75, 3.05) is 14.2 Å². The van der Waals surface area contributed by atoms with Gasteiger partial charge in [0.25, 0.3) is 0 Å². The Labute approximate surface area is 352 Å². The van der Waals surface area contributed by atoms with Gasteiger partial charge in [-0.3, -0.25) is 9.97 Å². The molecule has 1 radical (unpaired) electrons. The molecule has 0 aliphatic carbocycles. The monoisotopic (exact) mass is 847 g/mol. The number of methoxy groups -OCH3 is 2. The molecule has 4 aromatic heterocycles. The van der Waals surface area contributed by atoms with Crippen molar-refractivity contribution < 1.29 is 61.9 Å². The summed E-state index contributed by atoms with van der Waals surface area (Å²) in [5, 5.41) is 3.63. The fourth-order valence-corrected chi connectivity index (χ4v) is 6.74. The second kappa shape index (κ2) is 19.1. The first kappa shape index (κ1) is 41.2. The number of nitrogens with zero attached hydrogens (tertiary/aromatic N) is 4. The Balaban J connectivity index is 0.000000181. The minimum Gasteiger partial charge on any atom is -0.254 e. The van der Waals surface area contributed by atoms with E-state index in [1.54, 1.807) is 12.1 Å². The number of hydrogen-bond donors (Lipinski definition) is 0. The maximum atomic E-state index is 12.3. The number of carbonyl (C=O) groups excluding carboxylic acids is 2. The van der Waals surface area contributed by atoms with Crippen molar-refractivity contribution in [3.63, 3.8) is 0 Å². The summed E-state index contributed by atoms with van der Waals surface area (Å²) in [6.07, 6.45) is 3.75. The third-order valence-corrected chi connectivity index (χ3v) is 9.30. The van der Waals surface area contributed by atoms with Gasteiger partial charge in [-0.15, -0.1) is 0 Å². The summed E-state index contributed by atoms with van der Waals surface area (Å²) in [5.74, 6) is -0.928. The van der Waals surface area contributed by atoms with Gasteiger partial charge >= 0.3 is 37.7 Å². The Bertz CT molecular complexity index is 2770. The number of ether oxygens (including phenoxy) is 2. The molecule has 12 heteroatoms. The molecule has 9 aromatic rings. The first-order valence-electron chi connectivity index (χ1n) is 17.7. The molecule has 0 atom stereocenters. The zero-order valence-electron chi connectivity index (χ0n) is 31.1. The molecule has 0 spiro atoms. The topological polar surface area (TPSA) is 138 Å². The summed E-state index contributed by atoms with van der Waals surface area (Å²) in [6, 6.07) is 47.2. The van der Waals surface area contributed by atoms with Crippen LogP contribution in [0.2, 0.25) is 0 Å². The Kier molecular flexibility index (Phi) is 13.6. The van der Waals surface area contributed by atoms with Crippen molar-refractivity contribution in [3.05, 3.63) is 169 Å². The molecule has 4 heterocycles. The van der Waals surface area contributed by atoms with E-state index in [2.05, 4.69) is 92.7 Å². The van der Waals surface area contributed by atoms with Crippen LogP contribution in [0.25, 0.3) is 77.3 Å². The molecule has 0 N–H and O–H groups in total. The van der Waals surface area contributed by atoms with Crippen molar-refractivity contribution >= 4 is 55.6 Å². The van der Waals surface area contributed by atoms with Gasteiger partial charge in [-0.2, -0.15) is 0 Å². The molecule has 5 aromatic carbocycles. The summed E-state index contributed by atoms with van der Waals surface area (Å²) in [7, 11) is 2.67. The number of para-hydroxylation sites is 2. The van der Waals surface area contributed by atoms with Gasteiger partial charge in [0.05, 0.1) is 58.8 Å². The number of esters is 2. The Morgan fingerprint density at radius 1 is 0.483 bits per heavy atom. The van der Waals surface area contributed by atoms with Gasteiger partial charge in [0.15, 0.2) is 0 Å². The van der Waals surface area contributed by atoms with Crippen LogP contribution >= 0.6 is 0 Å². The Hall–Kier alpha value is -6.49. The van der Waals surface area contributed by atoms with E-state index in [1.807, 2.05) is 73.1 Å². The zero-order chi connectivity index (χ0) is 39.7. The molecule has 58 heavy (non-hydrogen) atoms.